The van der Waals surface area contributed by atoms with Crippen LogP contribution in [0.5, 0.6) is 5.75 Å². The second kappa shape index (κ2) is 7.67. The van der Waals surface area contributed by atoms with Gasteiger partial charge in [-0.2, -0.15) is 0 Å². The summed E-state index contributed by atoms with van der Waals surface area (Å²) in [6.45, 7) is 0.483. The second-order valence-electron chi connectivity index (χ2n) is 5.94. The van der Waals surface area contributed by atoms with Crippen molar-refractivity contribution in [3.8, 4) is 5.75 Å². The maximum atomic E-state index is 12.2. The number of nitrogens with zero attached hydrogens (tertiary/aromatic N) is 3. The van der Waals surface area contributed by atoms with Gasteiger partial charge in [0.1, 0.15) is 10.8 Å². The van der Waals surface area contributed by atoms with Crippen LogP contribution in [0.15, 0.2) is 66.0 Å². The van der Waals surface area contributed by atoms with Gasteiger partial charge in [-0.15, -0.1) is 0 Å². The van der Waals surface area contributed by atoms with E-state index in [1.807, 2.05) is 59.1 Å². The summed E-state index contributed by atoms with van der Waals surface area (Å²) >= 11 is 1.41. The molecule has 0 atom stereocenters. The highest BCUT2D eigenvalue weighted by atomic mass is 32.2. The van der Waals surface area contributed by atoms with E-state index < -0.39 is 0 Å². The molecule has 3 aromatic heterocycles. The summed E-state index contributed by atoms with van der Waals surface area (Å²) in [7, 11) is 1.63. The van der Waals surface area contributed by atoms with Gasteiger partial charge in [0.25, 0.3) is 0 Å². The number of ether oxygens (including phenoxy) is 1. The number of nitrogens with one attached hydrogen (secondary N) is 1. The van der Waals surface area contributed by atoms with Gasteiger partial charge in [-0.3, -0.25) is 4.79 Å². The fraction of sp³-hybridized carbons (Fsp3) is 0.150. The first kappa shape index (κ1) is 17.4. The number of carbonyl (C=O) groups excluding carboxylic acids is 1. The van der Waals surface area contributed by atoms with Crippen molar-refractivity contribution in [1.82, 2.24) is 19.7 Å². The number of aromatic nitrogens is 3. The van der Waals surface area contributed by atoms with Crippen molar-refractivity contribution in [2.75, 3.05) is 12.9 Å². The first-order valence-corrected chi connectivity index (χ1v) is 9.47. The lowest BCUT2D eigenvalue weighted by Crippen LogP contribution is -2.24. The Bertz CT molecular complexity index is 1090. The van der Waals surface area contributed by atoms with E-state index in [9.17, 15) is 4.79 Å². The quantitative estimate of drug-likeness (QED) is 0.522. The average Bonchev–Trinajstić information content (AvgIpc) is 3.21. The van der Waals surface area contributed by atoms with E-state index in [0.717, 1.165) is 27.4 Å². The first-order valence-electron chi connectivity index (χ1n) is 8.49. The van der Waals surface area contributed by atoms with E-state index in [4.69, 9.17) is 4.74 Å². The predicted molar refractivity (Wildman–Crippen MR) is 106 cm³/mol. The number of amides is 1. The molecule has 4 rings (SSSR count). The molecule has 1 aromatic carbocycles. The van der Waals surface area contributed by atoms with E-state index in [1.165, 1.54) is 11.8 Å². The van der Waals surface area contributed by atoms with Crippen molar-refractivity contribution < 1.29 is 9.53 Å². The molecule has 0 unspecified atom stereocenters. The third-order valence-electron chi connectivity index (χ3n) is 4.19. The number of benzene rings is 1. The number of methoxy groups -OCH3 is 1. The number of hydrogen-bond acceptors (Lipinski definition) is 5. The Kier molecular flexibility index (Phi) is 4.93. The third kappa shape index (κ3) is 3.73. The number of thioether (sulfide) groups is 1. The number of carbonyl (C=O) groups is 1. The molecule has 1 amide bonds. The molecule has 0 saturated heterocycles. The average molecular weight is 378 g/mol. The van der Waals surface area contributed by atoms with Gasteiger partial charge in [-0.25, -0.2) is 9.97 Å². The molecular weight excluding hydrogens is 360 g/mol. The van der Waals surface area contributed by atoms with Gasteiger partial charge in [-0.05, 0) is 42.0 Å². The Morgan fingerprint density at radius 3 is 2.78 bits per heavy atom. The Balaban J connectivity index is 1.43. The van der Waals surface area contributed by atoms with E-state index in [0.29, 0.717) is 17.9 Å². The molecule has 27 heavy (non-hydrogen) atoms. The summed E-state index contributed by atoms with van der Waals surface area (Å²) in [4.78, 5) is 21.2. The smallest absolute Gasteiger partial charge is 0.230 e. The summed E-state index contributed by atoms with van der Waals surface area (Å²) in [5, 5.41) is 3.73. The van der Waals surface area contributed by atoms with Gasteiger partial charge in [0, 0.05) is 18.9 Å². The second-order valence-corrected chi connectivity index (χ2v) is 6.90. The topological polar surface area (TPSA) is 68.5 Å². The minimum absolute atomic E-state index is 0.0385. The highest BCUT2D eigenvalue weighted by Crippen LogP contribution is 2.25. The zero-order valence-corrected chi connectivity index (χ0v) is 15.6. The molecule has 0 aliphatic heterocycles. The van der Waals surface area contributed by atoms with Crippen molar-refractivity contribution in [3.63, 3.8) is 0 Å². The fourth-order valence-corrected chi connectivity index (χ4v) is 3.65. The van der Waals surface area contributed by atoms with Crippen LogP contribution in [0.3, 0.4) is 0 Å². The van der Waals surface area contributed by atoms with Crippen LogP contribution in [0.1, 0.15) is 5.56 Å². The minimum Gasteiger partial charge on any atom is -0.497 e. The summed E-state index contributed by atoms with van der Waals surface area (Å²) in [6.07, 6.45) is 3.70. The van der Waals surface area contributed by atoms with Gasteiger partial charge in [0.05, 0.1) is 23.9 Å². The molecule has 136 valence electrons. The number of fused-ring (bicyclic) bond motifs is 3. The van der Waals surface area contributed by atoms with Gasteiger partial charge in [0.2, 0.25) is 5.91 Å². The van der Waals surface area contributed by atoms with Crippen molar-refractivity contribution in [2.24, 2.45) is 0 Å². The molecule has 1 N–H and O–H groups in total. The highest BCUT2D eigenvalue weighted by molar-refractivity contribution is 8.00. The van der Waals surface area contributed by atoms with Crippen molar-refractivity contribution in [2.45, 2.75) is 11.6 Å². The first-order chi connectivity index (χ1) is 13.2. The summed E-state index contributed by atoms with van der Waals surface area (Å²) in [5.74, 6) is 1.05. The largest absolute Gasteiger partial charge is 0.497 e. The Morgan fingerprint density at radius 1 is 1.15 bits per heavy atom. The van der Waals surface area contributed by atoms with Gasteiger partial charge >= 0.3 is 0 Å². The van der Waals surface area contributed by atoms with Crippen LogP contribution in [0.25, 0.3) is 16.7 Å². The molecular formula is C20H18N4O2S. The van der Waals surface area contributed by atoms with E-state index in [1.54, 1.807) is 13.3 Å². The van der Waals surface area contributed by atoms with Gasteiger partial charge < -0.3 is 14.5 Å². The third-order valence-corrected chi connectivity index (χ3v) is 5.17. The standard InChI is InChI=1S/C20H18N4O2S/c1-26-15-8-6-14(7-9-15)12-22-18(25)13-27-20-17-5-3-11-24(17)16-4-2-10-21-19(16)23-20/h2-11H,12-13H2,1H3,(H,22,25). The van der Waals surface area contributed by atoms with E-state index in [2.05, 4.69) is 15.3 Å². The van der Waals surface area contributed by atoms with E-state index in [-0.39, 0.29) is 5.91 Å². The molecule has 3 heterocycles. The number of pyridine rings is 1. The molecule has 0 aliphatic carbocycles. The van der Waals surface area contributed by atoms with Crippen LogP contribution in [-0.4, -0.2) is 33.1 Å². The molecule has 4 aromatic rings. The minimum atomic E-state index is -0.0385. The van der Waals surface area contributed by atoms with Gasteiger partial charge in [-0.1, -0.05) is 23.9 Å². The molecule has 7 heteroatoms. The summed E-state index contributed by atoms with van der Waals surface area (Å²) < 4.78 is 7.19. The van der Waals surface area contributed by atoms with E-state index >= 15 is 0 Å². The van der Waals surface area contributed by atoms with Crippen LogP contribution < -0.4 is 10.1 Å². The van der Waals surface area contributed by atoms with Crippen LogP contribution in [-0.2, 0) is 11.3 Å². The monoisotopic (exact) mass is 378 g/mol. The normalized spacial score (nSPS) is 11.0. The zero-order chi connectivity index (χ0) is 18.6. The number of rotatable bonds is 6. The lowest BCUT2D eigenvalue weighted by molar-refractivity contribution is -0.118. The van der Waals surface area contributed by atoms with Crippen LogP contribution in [0.2, 0.25) is 0 Å². The van der Waals surface area contributed by atoms with Crippen molar-refractivity contribution in [3.05, 3.63) is 66.5 Å². The lowest BCUT2D eigenvalue weighted by atomic mass is 10.2. The van der Waals surface area contributed by atoms with Crippen LogP contribution in [0.4, 0.5) is 0 Å². The summed E-state index contributed by atoms with van der Waals surface area (Å²) in [6, 6.07) is 15.5. The predicted octanol–water partition coefficient (Wildman–Crippen LogP) is 3.30. The molecule has 0 aliphatic rings. The Labute approximate surface area is 160 Å². The molecule has 0 bridgehead atoms. The number of hydrogen-bond donors (Lipinski definition) is 1. The Morgan fingerprint density at radius 2 is 1.96 bits per heavy atom. The SMILES string of the molecule is COc1ccc(CNC(=O)CSc2nc3ncccc3n3cccc23)cc1. The highest BCUT2D eigenvalue weighted by Gasteiger charge is 2.11. The van der Waals surface area contributed by atoms with Crippen LogP contribution >= 0.6 is 11.8 Å². The molecule has 0 radical (unpaired) electrons. The van der Waals surface area contributed by atoms with Crippen molar-refractivity contribution >= 4 is 34.3 Å². The zero-order valence-electron chi connectivity index (χ0n) is 14.8. The Hall–Kier alpha value is -3.06. The maximum absolute atomic E-state index is 12.2. The molecule has 0 spiro atoms. The fourth-order valence-electron chi connectivity index (χ4n) is 2.82. The maximum Gasteiger partial charge on any atom is 0.230 e. The van der Waals surface area contributed by atoms with Crippen LogP contribution in [0, 0.1) is 0 Å². The molecule has 0 saturated carbocycles. The molecule has 0 fully saturated rings. The molecule has 6 nitrogen and oxygen atoms in total. The van der Waals surface area contributed by atoms with Crippen molar-refractivity contribution in [1.29, 1.82) is 0 Å². The van der Waals surface area contributed by atoms with Gasteiger partial charge in [0.15, 0.2) is 5.65 Å². The lowest BCUT2D eigenvalue weighted by Gasteiger charge is -2.08. The summed E-state index contributed by atoms with van der Waals surface area (Å²) in [5.41, 5.74) is 3.62.